The highest BCUT2D eigenvalue weighted by Crippen LogP contribution is 2.33. The Bertz CT molecular complexity index is 783. The predicted octanol–water partition coefficient (Wildman–Crippen LogP) is 0.940. The highest BCUT2D eigenvalue weighted by molar-refractivity contribution is 7.97. The molecule has 2 aromatic carbocycles. The number of hydrogen-bond acceptors (Lipinski definition) is 7. The Kier molecular flexibility index (Phi) is 5.80. The molecule has 0 unspecified atom stereocenters. The summed E-state index contributed by atoms with van der Waals surface area (Å²) < 4.78 is 0. The molecule has 0 aliphatic carbocycles. The summed E-state index contributed by atoms with van der Waals surface area (Å²) in [7, 11) is 0. The molecular formula is C18H25N7S. The molecule has 0 aromatic heterocycles. The molecule has 1 fully saturated rings. The Morgan fingerprint density at radius 3 is 2.42 bits per heavy atom. The summed E-state index contributed by atoms with van der Waals surface area (Å²) in [6.07, 6.45) is 1.86. The van der Waals surface area contributed by atoms with Crippen molar-refractivity contribution in [2.75, 3.05) is 13.1 Å². The van der Waals surface area contributed by atoms with Crippen molar-refractivity contribution in [3.63, 3.8) is 0 Å². The van der Waals surface area contributed by atoms with Gasteiger partial charge in [0, 0.05) is 16.0 Å². The highest BCUT2D eigenvalue weighted by Gasteiger charge is 2.29. The Morgan fingerprint density at radius 2 is 1.81 bits per heavy atom. The van der Waals surface area contributed by atoms with E-state index in [1.54, 1.807) is 0 Å². The average Bonchev–Trinajstić information content (AvgIpc) is 2.68. The third-order valence-corrected chi connectivity index (χ3v) is 5.46. The standard InChI is InChI=1S/C18H25N7S/c19-17(24-25-21)16-14(2-1-3-15(16)26-22)12-4-6-13(7-5-12)18(20)8-10-23-11-9-18/h1-7,23,25H,8-11,20-22H2,(H2,19,24). The monoisotopic (exact) mass is 371 g/mol. The van der Waals surface area contributed by atoms with Crippen molar-refractivity contribution in [1.82, 2.24) is 10.9 Å². The molecular weight excluding hydrogens is 346 g/mol. The van der Waals surface area contributed by atoms with Gasteiger partial charge in [-0.2, -0.15) is 0 Å². The van der Waals surface area contributed by atoms with Crippen molar-refractivity contribution < 1.29 is 0 Å². The highest BCUT2D eigenvalue weighted by atomic mass is 32.2. The van der Waals surface area contributed by atoms with Crippen LogP contribution in [0, 0.1) is 0 Å². The molecule has 10 N–H and O–H groups in total. The van der Waals surface area contributed by atoms with E-state index in [1.165, 1.54) is 0 Å². The number of benzene rings is 2. The number of hydrogen-bond donors (Lipinski definition) is 6. The van der Waals surface area contributed by atoms with Crippen LogP contribution in [0.5, 0.6) is 0 Å². The second-order valence-corrected chi connectivity index (χ2v) is 7.08. The van der Waals surface area contributed by atoms with Crippen LogP contribution in [0.3, 0.4) is 0 Å². The number of hydrazine groups is 1. The van der Waals surface area contributed by atoms with Crippen molar-refractivity contribution in [2.24, 2.45) is 27.6 Å². The number of piperidine rings is 1. The number of amidine groups is 1. The van der Waals surface area contributed by atoms with E-state index in [1.807, 2.05) is 18.2 Å². The Balaban J connectivity index is 2.00. The van der Waals surface area contributed by atoms with Crippen molar-refractivity contribution in [2.45, 2.75) is 23.3 Å². The lowest BCUT2D eigenvalue weighted by molar-refractivity contribution is 0.317. The molecule has 26 heavy (non-hydrogen) atoms. The largest absolute Gasteiger partial charge is 0.382 e. The van der Waals surface area contributed by atoms with Crippen LogP contribution in [0.15, 0.2) is 52.5 Å². The summed E-state index contributed by atoms with van der Waals surface area (Å²) in [5.74, 6) is 5.58. The van der Waals surface area contributed by atoms with E-state index in [0.717, 1.165) is 65.0 Å². The lowest BCUT2D eigenvalue weighted by Gasteiger charge is -2.34. The Hall–Kier alpha value is -2.10. The second kappa shape index (κ2) is 8.07. The summed E-state index contributed by atoms with van der Waals surface area (Å²) in [4.78, 5) is 0.830. The van der Waals surface area contributed by atoms with Crippen LogP contribution < -0.4 is 33.3 Å². The van der Waals surface area contributed by atoms with Crippen LogP contribution >= 0.6 is 11.9 Å². The first-order valence-corrected chi connectivity index (χ1v) is 9.36. The summed E-state index contributed by atoms with van der Waals surface area (Å²) in [5, 5.41) is 13.1. The van der Waals surface area contributed by atoms with Gasteiger partial charge >= 0.3 is 0 Å². The number of hydrazone groups is 1. The zero-order valence-electron chi connectivity index (χ0n) is 14.5. The third-order valence-electron chi connectivity index (χ3n) is 4.86. The van der Waals surface area contributed by atoms with E-state index in [-0.39, 0.29) is 11.4 Å². The average molecular weight is 372 g/mol. The maximum Gasteiger partial charge on any atom is 0.153 e. The van der Waals surface area contributed by atoms with Gasteiger partial charge in [-0.25, -0.2) is 11.4 Å². The first-order valence-electron chi connectivity index (χ1n) is 8.48. The molecule has 8 heteroatoms. The molecule has 1 aliphatic rings. The zero-order chi connectivity index (χ0) is 18.6. The smallest absolute Gasteiger partial charge is 0.153 e. The molecule has 0 spiro atoms. The van der Waals surface area contributed by atoms with Crippen LogP contribution in [0.1, 0.15) is 24.0 Å². The van der Waals surface area contributed by atoms with Crippen molar-refractivity contribution in [1.29, 1.82) is 0 Å². The minimum atomic E-state index is -0.272. The first-order chi connectivity index (χ1) is 12.6. The fourth-order valence-corrected chi connectivity index (χ4v) is 3.89. The number of rotatable bonds is 5. The number of nitrogens with one attached hydrogen (secondary N) is 2. The van der Waals surface area contributed by atoms with Gasteiger partial charge in [0.1, 0.15) is 0 Å². The van der Waals surface area contributed by atoms with Gasteiger partial charge in [-0.1, -0.05) is 36.4 Å². The van der Waals surface area contributed by atoms with Crippen LogP contribution in [0.4, 0.5) is 0 Å². The van der Waals surface area contributed by atoms with E-state index in [9.17, 15) is 0 Å². The topological polar surface area (TPSA) is 140 Å². The zero-order valence-corrected chi connectivity index (χ0v) is 15.4. The van der Waals surface area contributed by atoms with Crippen molar-refractivity contribution >= 4 is 17.8 Å². The van der Waals surface area contributed by atoms with Gasteiger partial charge < -0.3 is 16.8 Å². The quantitative estimate of drug-likeness (QED) is 0.151. The van der Waals surface area contributed by atoms with Crippen LogP contribution in [-0.4, -0.2) is 18.9 Å². The maximum atomic E-state index is 6.61. The lowest BCUT2D eigenvalue weighted by atomic mass is 9.82. The van der Waals surface area contributed by atoms with Crippen LogP contribution in [0.2, 0.25) is 0 Å². The molecule has 1 heterocycles. The van der Waals surface area contributed by atoms with E-state index >= 15 is 0 Å². The van der Waals surface area contributed by atoms with Gasteiger partial charge in [0.05, 0.1) is 0 Å². The molecule has 1 saturated heterocycles. The third kappa shape index (κ3) is 3.69. The summed E-state index contributed by atoms with van der Waals surface area (Å²) in [5.41, 5.74) is 18.6. The summed E-state index contributed by atoms with van der Waals surface area (Å²) in [6, 6.07) is 14.2. The molecule has 0 radical (unpaired) electrons. The second-order valence-electron chi connectivity index (χ2n) is 6.41. The maximum absolute atomic E-state index is 6.61. The van der Waals surface area contributed by atoms with Crippen LogP contribution in [-0.2, 0) is 5.54 Å². The Labute approximate surface area is 157 Å². The van der Waals surface area contributed by atoms with E-state index in [4.69, 9.17) is 22.4 Å². The molecule has 0 atom stereocenters. The molecule has 0 amide bonds. The Morgan fingerprint density at radius 1 is 1.12 bits per heavy atom. The van der Waals surface area contributed by atoms with Crippen molar-refractivity contribution in [3.8, 4) is 11.1 Å². The van der Waals surface area contributed by atoms with Crippen LogP contribution in [0.25, 0.3) is 11.1 Å². The minimum Gasteiger partial charge on any atom is -0.382 e. The van der Waals surface area contributed by atoms with Gasteiger partial charge in [-0.15, -0.1) is 5.10 Å². The fraction of sp³-hybridized carbons (Fsp3) is 0.278. The van der Waals surface area contributed by atoms with Gasteiger partial charge in [-0.05, 0) is 60.6 Å². The molecule has 0 saturated carbocycles. The molecule has 138 valence electrons. The SMILES string of the molecule is NN/N=C(\N)c1c(SN)cccc1-c1ccc(C2(N)CCNCC2)cc1. The fourth-order valence-electron chi connectivity index (χ4n) is 3.40. The molecule has 3 rings (SSSR count). The minimum absolute atomic E-state index is 0.272. The summed E-state index contributed by atoms with van der Waals surface area (Å²) in [6.45, 7) is 1.88. The normalized spacial score (nSPS) is 17.1. The van der Waals surface area contributed by atoms with E-state index in [2.05, 4.69) is 40.2 Å². The molecule has 1 aliphatic heterocycles. The molecule has 7 nitrogen and oxygen atoms in total. The van der Waals surface area contributed by atoms with Gasteiger partial charge in [-0.3, -0.25) is 5.14 Å². The van der Waals surface area contributed by atoms with Gasteiger partial charge in [0.2, 0.25) is 0 Å². The lowest BCUT2D eigenvalue weighted by Crippen LogP contribution is -2.46. The van der Waals surface area contributed by atoms with Crippen molar-refractivity contribution in [3.05, 3.63) is 53.6 Å². The van der Waals surface area contributed by atoms with Gasteiger partial charge in [0.15, 0.2) is 5.84 Å². The predicted molar refractivity (Wildman–Crippen MR) is 108 cm³/mol. The number of nitrogens with two attached hydrogens (primary N) is 4. The molecule has 2 aromatic rings. The molecule has 0 bridgehead atoms. The van der Waals surface area contributed by atoms with E-state index in [0.29, 0.717) is 0 Å². The summed E-state index contributed by atoms with van der Waals surface area (Å²) >= 11 is 1.13. The number of nitrogens with zero attached hydrogens (tertiary/aromatic N) is 1. The van der Waals surface area contributed by atoms with E-state index < -0.39 is 0 Å². The first kappa shape index (κ1) is 18.7. The van der Waals surface area contributed by atoms with Gasteiger partial charge in [0.25, 0.3) is 0 Å².